The third kappa shape index (κ3) is 2.22. The molecular weight excluding hydrogens is 226 g/mol. The van der Waals surface area contributed by atoms with Gasteiger partial charge in [0.15, 0.2) is 0 Å². The first kappa shape index (κ1) is 11.6. The first-order chi connectivity index (χ1) is 8.72. The fraction of sp³-hybridized carbons (Fsp3) is 0.533. The van der Waals surface area contributed by atoms with Crippen LogP contribution in [-0.4, -0.2) is 17.6 Å². The molecule has 0 heterocycles. The number of carbonyl (C=O) groups is 1. The number of rotatable bonds is 4. The van der Waals surface area contributed by atoms with Crippen molar-refractivity contribution in [2.24, 2.45) is 17.8 Å². The van der Waals surface area contributed by atoms with Gasteiger partial charge >= 0.3 is 5.97 Å². The maximum Gasteiger partial charge on any atom is 0.335 e. The predicted molar refractivity (Wildman–Crippen MR) is 70.8 cm³/mol. The molecule has 3 rings (SSSR count). The summed E-state index contributed by atoms with van der Waals surface area (Å²) in [5.41, 5.74) is 1.28. The number of anilines is 1. The van der Waals surface area contributed by atoms with Gasteiger partial charge in [-0.05, 0) is 55.2 Å². The van der Waals surface area contributed by atoms with E-state index in [1.807, 2.05) is 6.07 Å². The summed E-state index contributed by atoms with van der Waals surface area (Å²) in [4.78, 5) is 10.9. The number of hydrogen-bond donors (Lipinski definition) is 2. The van der Waals surface area contributed by atoms with Crippen molar-refractivity contribution in [1.82, 2.24) is 0 Å². The fourth-order valence-corrected chi connectivity index (χ4v) is 3.64. The minimum atomic E-state index is -0.862. The standard InChI is InChI=1S/C15H19NO2/c17-15(18)12-2-1-3-14(8-12)16-9-13-7-10-4-5-11(13)6-10/h1-3,8,10-11,13,16H,4-7,9H2,(H,17,18). The van der Waals surface area contributed by atoms with Gasteiger partial charge in [-0.15, -0.1) is 0 Å². The van der Waals surface area contributed by atoms with E-state index in [9.17, 15) is 4.79 Å². The van der Waals surface area contributed by atoms with Crippen LogP contribution in [0.4, 0.5) is 5.69 Å². The van der Waals surface area contributed by atoms with Crippen molar-refractivity contribution in [3.8, 4) is 0 Å². The van der Waals surface area contributed by atoms with Crippen LogP contribution in [0.5, 0.6) is 0 Å². The molecule has 2 aliphatic carbocycles. The Bertz CT molecular complexity index is 458. The Morgan fingerprint density at radius 1 is 1.33 bits per heavy atom. The Morgan fingerprint density at radius 2 is 2.22 bits per heavy atom. The summed E-state index contributed by atoms with van der Waals surface area (Å²) in [5, 5.41) is 12.4. The highest BCUT2D eigenvalue weighted by molar-refractivity contribution is 5.88. The van der Waals surface area contributed by atoms with E-state index in [0.29, 0.717) is 5.56 Å². The lowest BCUT2D eigenvalue weighted by atomic mass is 9.89. The monoisotopic (exact) mass is 245 g/mol. The third-order valence-electron chi connectivity index (χ3n) is 4.56. The summed E-state index contributed by atoms with van der Waals surface area (Å²) < 4.78 is 0. The zero-order valence-electron chi connectivity index (χ0n) is 10.4. The molecule has 0 aliphatic heterocycles. The first-order valence-corrected chi connectivity index (χ1v) is 6.79. The largest absolute Gasteiger partial charge is 0.478 e. The lowest BCUT2D eigenvalue weighted by Crippen LogP contribution is -2.20. The Balaban J connectivity index is 1.60. The van der Waals surface area contributed by atoms with Crippen LogP contribution in [0.1, 0.15) is 36.0 Å². The number of fused-ring (bicyclic) bond motifs is 2. The highest BCUT2D eigenvalue weighted by atomic mass is 16.4. The summed E-state index contributed by atoms with van der Waals surface area (Å²) >= 11 is 0. The Labute approximate surface area is 107 Å². The second-order valence-electron chi connectivity index (χ2n) is 5.70. The van der Waals surface area contributed by atoms with Gasteiger partial charge in [0.25, 0.3) is 0 Å². The molecule has 2 bridgehead atoms. The van der Waals surface area contributed by atoms with Crippen molar-refractivity contribution in [2.45, 2.75) is 25.7 Å². The summed E-state index contributed by atoms with van der Waals surface area (Å²) in [7, 11) is 0. The molecule has 0 radical (unpaired) electrons. The van der Waals surface area contributed by atoms with Crippen molar-refractivity contribution >= 4 is 11.7 Å². The SMILES string of the molecule is O=C(O)c1cccc(NCC2CC3CCC2C3)c1. The lowest BCUT2D eigenvalue weighted by molar-refractivity contribution is 0.0697. The Morgan fingerprint density at radius 3 is 2.89 bits per heavy atom. The average Bonchev–Trinajstić information content (AvgIpc) is 2.99. The maximum absolute atomic E-state index is 10.9. The highest BCUT2D eigenvalue weighted by Gasteiger charge is 2.38. The van der Waals surface area contributed by atoms with Gasteiger partial charge in [0, 0.05) is 12.2 Å². The van der Waals surface area contributed by atoms with E-state index < -0.39 is 5.97 Å². The van der Waals surface area contributed by atoms with Crippen LogP contribution in [-0.2, 0) is 0 Å². The smallest absolute Gasteiger partial charge is 0.335 e. The van der Waals surface area contributed by atoms with Crippen LogP contribution in [0.2, 0.25) is 0 Å². The molecule has 2 saturated carbocycles. The van der Waals surface area contributed by atoms with Gasteiger partial charge in [-0.1, -0.05) is 12.5 Å². The normalized spacial score (nSPS) is 29.4. The number of benzene rings is 1. The van der Waals surface area contributed by atoms with Gasteiger partial charge < -0.3 is 10.4 Å². The molecule has 0 spiro atoms. The van der Waals surface area contributed by atoms with Crippen LogP contribution in [0.15, 0.2) is 24.3 Å². The van der Waals surface area contributed by atoms with E-state index >= 15 is 0 Å². The number of carboxylic acids is 1. The van der Waals surface area contributed by atoms with E-state index in [4.69, 9.17) is 5.11 Å². The molecule has 1 aromatic carbocycles. The lowest BCUT2D eigenvalue weighted by Gasteiger charge is -2.22. The summed E-state index contributed by atoms with van der Waals surface area (Å²) in [6, 6.07) is 7.09. The molecule has 0 saturated heterocycles. The zero-order chi connectivity index (χ0) is 12.5. The minimum absolute atomic E-state index is 0.355. The fourth-order valence-electron chi connectivity index (χ4n) is 3.64. The number of carboxylic acid groups (broad SMARTS) is 1. The molecule has 0 amide bonds. The molecule has 18 heavy (non-hydrogen) atoms. The quantitative estimate of drug-likeness (QED) is 0.856. The van der Waals surface area contributed by atoms with Crippen molar-refractivity contribution in [1.29, 1.82) is 0 Å². The van der Waals surface area contributed by atoms with Gasteiger partial charge in [-0.2, -0.15) is 0 Å². The van der Waals surface area contributed by atoms with E-state index in [-0.39, 0.29) is 0 Å². The number of aromatic carboxylic acids is 1. The molecule has 3 unspecified atom stereocenters. The van der Waals surface area contributed by atoms with Crippen molar-refractivity contribution in [3.63, 3.8) is 0 Å². The molecule has 3 atom stereocenters. The zero-order valence-corrected chi connectivity index (χ0v) is 10.4. The second kappa shape index (κ2) is 4.63. The Hall–Kier alpha value is -1.51. The van der Waals surface area contributed by atoms with Crippen LogP contribution in [0, 0.1) is 17.8 Å². The van der Waals surface area contributed by atoms with E-state index in [1.54, 1.807) is 18.2 Å². The highest BCUT2D eigenvalue weighted by Crippen LogP contribution is 2.48. The molecule has 2 N–H and O–H groups in total. The minimum Gasteiger partial charge on any atom is -0.478 e. The van der Waals surface area contributed by atoms with E-state index in [2.05, 4.69) is 5.32 Å². The number of hydrogen-bond acceptors (Lipinski definition) is 2. The molecule has 2 aliphatic rings. The van der Waals surface area contributed by atoms with Gasteiger partial charge in [0.1, 0.15) is 0 Å². The van der Waals surface area contributed by atoms with Gasteiger partial charge in [0.2, 0.25) is 0 Å². The summed E-state index contributed by atoms with van der Waals surface area (Å²) in [6.45, 7) is 0.990. The molecule has 3 nitrogen and oxygen atoms in total. The molecular formula is C15H19NO2. The van der Waals surface area contributed by atoms with Crippen LogP contribution in [0.25, 0.3) is 0 Å². The molecule has 3 heteroatoms. The summed E-state index contributed by atoms with van der Waals surface area (Å²) in [5.74, 6) is 1.80. The molecule has 2 fully saturated rings. The van der Waals surface area contributed by atoms with Crippen LogP contribution < -0.4 is 5.32 Å². The molecule has 1 aromatic rings. The second-order valence-corrected chi connectivity index (χ2v) is 5.70. The topological polar surface area (TPSA) is 49.3 Å². The maximum atomic E-state index is 10.9. The Kier molecular flexibility index (Phi) is 2.98. The molecule has 0 aromatic heterocycles. The van der Waals surface area contributed by atoms with Crippen LogP contribution >= 0.6 is 0 Å². The van der Waals surface area contributed by atoms with Gasteiger partial charge in [0.05, 0.1) is 5.56 Å². The summed E-state index contributed by atoms with van der Waals surface area (Å²) in [6.07, 6.45) is 5.60. The van der Waals surface area contributed by atoms with Gasteiger partial charge in [-0.3, -0.25) is 0 Å². The average molecular weight is 245 g/mol. The van der Waals surface area contributed by atoms with Gasteiger partial charge in [-0.25, -0.2) is 4.79 Å². The van der Waals surface area contributed by atoms with E-state index in [1.165, 1.54) is 25.7 Å². The van der Waals surface area contributed by atoms with Crippen molar-refractivity contribution in [2.75, 3.05) is 11.9 Å². The molecule has 96 valence electrons. The predicted octanol–water partition coefficient (Wildman–Crippen LogP) is 3.23. The van der Waals surface area contributed by atoms with Crippen LogP contribution in [0.3, 0.4) is 0 Å². The number of nitrogens with one attached hydrogen (secondary N) is 1. The van der Waals surface area contributed by atoms with Crippen molar-refractivity contribution < 1.29 is 9.90 Å². The third-order valence-corrected chi connectivity index (χ3v) is 4.56. The van der Waals surface area contributed by atoms with Crippen molar-refractivity contribution in [3.05, 3.63) is 29.8 Å². The first-order valence-electron chi connectivity index (χ1n) is 6.79. The van der Waals surface area contributed by atoms with E-state index in [0.717, 1.165) is 30.0 Å².